The molecule has 1 aromatic carbocycles. The Kier molecular flexibility index (Phi) is 11.6. The summed E-state index contributed by atoms with van der Waals surface area (Å²) in [5.41, 5.74) is 2.08. The maximum atomic E-state index is 12.0. The molecule has 0 aliphatic heterocycles. The van der Waals surface area contributed by atoms with Crippen molar-refractivity contribution in [1.29, 1.82) is 0 Å². The number of rotatable bonds is 14. The van der Waals surface area contributed by atoms with Crippen LogP contribution in [0.3, 0.4) is 0 Å². The van der Waals surface area contributed by atoms with Gasteiger partial charge in [-0.25, -0.2) is 0 Å². The summed E-state index contributed by atoms with van der Waals surface area (Å²) in [6.07, 6.45) is 10.3. The quantitative estimate of drug-likeness (QED) is 0.205. The lowest BCUT2D eigenvalue weighted by atomic mass is 9.94. The van der Waals surface area contributed by atoms with Gasteiger partial charge in [0.15, 0.2) is 0 Å². The van der Waals surface area contributed by atoms with Gasteiger partial charge in [0.2, 0.25) is 0 Å². The van der Waals surface area contributed by atoms with E-state index in [1.807, 2.05) is 18.2 Å². The average molecular weight is 395 g/mol. The lowest BCUT2D eigenvalue weighted by molar-refractivity contribution is 0.323. The molecule has 0 aliphatic rings. The minimum Gasteiger partial charge on any atom is -0.270 e. The standard InChI is InChI=1S/C23H38O3S/c1-20(2)11-8-12-21(3)13-9-14-22(4)15-10-18-26-27(24,25)19-23-16-6-5-7-17-23/h5-7,15-17,20-21H,8-14,18-19H2,1-4H3. The first-order chi connectivity index (χ1) is 12.8. The second-order valence-electron chi connectivity index (χ2n) is 8.17. The summed E-state index contributed by atoms with van der Waals surface area (Å²) in [5.74, 6) is 1.54. The zero-order chi connectivity index (χ0) is 20.1. The van der Waals surface area contributed by atoms with E-state index in [0.717, 1.165) is 23.8 Å². The molecule has 1 unspecified atom stereocenters. The highest BCUT2D eigenvalue weighted by molar-refractivity contribution is 7.85. The van der Waals surface area contributed by atoms with Crippen LogP contribution >= 0.6 is 0 Å². The van der Waals surface area contributed by atoms with E-state index >= 15 is 0 Å². The Morgan fingerprint density at radius 1 is 1.04 bits per heavy atom. The lowest BCUT2D eigenvalue weighted by Gasteiger charge is -2.12. The van der Waals surface area contributed by atoms with Crippen LogP contribution in [0.1, 0.15) is 78.2 Å². The molecule has 0 N–H and O–H groups in total. The molecule has 0 heterocycles. The molecule has 1 aromatic rings. The van der Waals surface area contributed by atoms with Crippen LogP contribution in [0.4, 0.5) is 0 Å². The van der Waals surface area contributed by atoms with Gasteiger partial charge in [-0.3, -0.25) is 4.18 Å². The highest BCUT2D eigenvalue weighted by atomic mass is 32.2. The molecule has 0 bridgehead atoms. The third-order valence-electron chi connectivity index (χ3n) is 4.81. The largest absolute Gasteiger partial charge is 0.271 e. The maximum absolute atomic E-state index is 12.0. The van der Waals surface area contributed by atoms with E-state index in [4.69, 9.17) is 4.18 Å². The second-order valence-corrected chi connectivity index (χ2v) is 9.81. The van der Waals surface area contributed by atoms with Gasteiger partial charge >= 0.3 is 0 Å². The summed E-state index contributed by atoms with van der Waals surface area (Å²) in [5, 5.41) is 0. The van der Waals surface area contributed by atoms with Crippen LogP contribution < -0.4 is 0 Å². The molecule has 3 nitrogen and oxygen atoms in total. The van der Waals surface area contributed by atoms with Gasteiger partial charge in [-0.2, -0.15) is 8.42 Å². The molecule has 0 aliphatic carbocycles. The molecular formula is C23H38O3S. The Balaban J connectivity index is 2.17. The first kappa shape index (κ1) is 23.9. The van der Waals surface area contributed by atoms with E-state index < -0.39 is 10.1 Å². The van der Waals surface area contributed by atoms with Crippen molar-refractivity contribution in [3.63, 3.8) is 0 Å². The topological polar surface area (TPSA) is 43.4 Å². The molecule has 1 rings (SSSR count). The first-order valence-electron chi connectivity index (χ1n) is 10.3. The molecule has 0 spiro atoms. The number of hydrogen-bond acceptors (Lipinski definition) is 3. The normalized spacial score (nSPS) is 13.9. The molecule has 0 fully saturated rings. The lowest BCUT2D eigenvalue weighted by Crippen LogP contribution is -2.09. The minimum atomic E-state index is -3.51. The SMILES string of the molecule is CC(=CCCOS(=O)(=O)Cc1ccccc1)CCCC(C)CCCC(C)C. The van der Waals surface area contributed by atoms with Crippen molar-refractivity contribution < 1.29 is 12.6 Å². The zero-order valence-corrected chi connectivity index (χ0v) is 18.4. The van der Waals surface area contributed by atoms with E-state index in [-0.39, 0.29) is 12.4 Å². The molecule has 1 atom stereocenters. The maximum Gasteiger partial charge on any atom is 0.271 e. The van der Waals surface area contributed by atoms with Crippen molar-refractivity contribution in [3.8, 4) is 0 Å². The van der Waals surface area contributed by atoms with Crippen LogP contribution in [-0.2, 0) is 20.1 Å². The molecule has 0 amide bonds. The fourth-order valence-corrected chi connectivity index (χ4v) is 4.18. The van der Waals surface area contributed by atoms with Crippen molar-refractivity contribution in [2.24, 2.45) is 11.8 Å². The minimum absolute atomic E-state index is 0.0643. The van der Waals surface area contributed by atoms with E-state index in [0.29, 0.717) is 6.42 Å². The van der Waals surface area contributed by atoms with Crippen LogP contribution in [0, 0.1) is 11.8 Å². The van der Waals surface area contributed by atoms with Crippen LogP contribution in [0.2, 0.25) is 0 Å². The Labute approximate surface area is 167 Å². The molecule has 4 heteroatoms. The van der Waals surface area contributed by atoms with Gasteiger partial charge in [0, 0.05) is 0 Å². The summed E-state index contributed by atoms with van der Waals surface area (Å²) < 4.78 is 29.1. The van der Waals surface area contributed by atoms with Gasteiger partial charge in [-0.15, -0.1) is 0 Å². The summed E-state index contributed by atoms with van der Waals surface area (Å²) in [6.45, 7) is 9.27. The van der Waals surface area contributed by atoms with Crippen molar-refractivity contribution in [3.05, 3.63) is 47.5 Å². The van der Waals surface area contributed by atoms with Crippen LogP contribution in [0.5, 0.6) is 0 Å². The monoisotopic (exact) mass is 394 g/mol. The Bertz CT molecular complexity index is 633. The van der Waals surface area contributed by atoms with Gasteiger partial charge in [0.25, 0.3) is 10.1 Å². The molecule has 0 saturated heterocycles. The Morgan fingerprint density at radius 2 is 1.70 bits per heavy atom. The van der Waals surface area contributed by atoms with Crippen LogP contribution in [-0.4, -0.2) is 15.0 Å². The van der Waals surface area contributed by atoms with E-state index in [1.165, 1.54) is 37.7 Å². The molecule has 27 heavy (non-hydrogen) atoms. The van der Waals surface area contributed by atoms with Crippen molar-refractivity contribution >= 4 is 10.1 Å². The first-order valence-corrected chi connectivity index (χ1v) is 11.9. The second kappa shape index (κ2) is 13.1. The molecule has 0 aromatic heterocycles. The Morgan fingerprint density at radius 3 is 2.37 bits per heavy atom. The summed E-state index contributed by atoms with van der Waals surface area (Å²) in [4.78, 5) is 0. The average Bonchev–Trinajstić information content (AvgIpc) is 2.59. The van der Waals surface area contributed by atoms with E-state index in [2.05, 4.69) is 33.8 Å². The Hall–Kier alpha value is -1.13. The van der Waals surface area contributed by atoms with Gasteiger partial charge < -0.3 is 0 Å². The van der Waals surface area contributed by atoms with Gasteiger partial charge in [-0.1, -0.05) is 88.4 Å². The number of hydrogen-bond donors (Lipinski definition) is 0. The summed E-state index contributed by atoms with van der Waals surface area (Å²) in [6, 6.07) is 9.14. The summed E-state index contributed by atoms with van der Waals surface area (Å²) >= 11 is 0. The van der Waals surface area contributed by atoms with Gasteiger partial charge in [0.05, 0.1) is 6.61 Å². The zero-order valence-electron chi connectivity index (χ0n) is 17.6. The molecule has 0 radical (unpaired) electrons. The third kappa shape index (κ3) is 12.8. The van der Waals surface area contributed by atoms with Crippen LogP contribution in [0.25, 0.3) is 0 Å². The highest BCUT2D eigenvalue weighted by Crippen LogP contribution is 2.19. The van der Waals surface area contributed by atoms with E-state index in [9.17, 15) is 8.42 Å². The van der Waals surface area contributed by atoms with Crippen molar-refractivity contribution in [2.75, 3.05) is 6.61 Å². The van der Waals surface area contributed by atoms with Gasteiger partial charge in [-0.05, 0) is 43.6 Å². The smallest absolute Gasteiger partial charge is 0.270 e. The van der Waals surface area contributed by atoms with Gasteiger partial charge in [0.1, 0.15) is 5.75 Å². The fraction of sp³-hybridized carbons (Fsp3) is 0.652. The van der Waals surface area contributed by atoms with E-state index in [1.54, 1.807) is 12.1 Å². The predicted octanol–water partition coefficient (Wildman–Crippen LogP) is 6.50. The molecular weight excluding hydrogens is 356 g/mol. The third-order valence-corrected chi connectivity index (χ3v) is 6.02. The van der Waals surface area contributed by atoms with Crippen molar-refractivity contribution in [1.82, 2.24) is 0 Å². The molecule has 154 valence electrons. The van der Waals surface area contributed by atoms with Crippen LogP contribution in [0.15, 0.2) is 42.0 Å². The van der Waals surface area contributed by atoms with Crippen molar-refractivity contribution in [2.45, 2.75) is 78.4 Å². The number of benzene rings is 1. The fourth-order valence-electron chi connectivity index (χ4n) is 3.15. The molecule has 0 saturated carbocycles. The number of allylic oxidation sites excluding steroid dienone is 1. The predicted molar refractivity (Wildman–Crippen MR) is 115 cm³/mol. The highest BCUT2D eigenvalue weighted by Gasteiger charge is 2.11. The summed E-state index contributed by atoms with van der Waals surface area (Å²) in [7, 11) is -3.51.